The van der Waals surface area contributed by atoms with Gasteiger partial charge in [0.15, 0.2) is 11.5 Å². The third kappa shape index (κ3) is 3.06. The number of hydrogen-bond donors (Lipinski definition) is 2. The van der Waals surface area contributed by atoms with Crippen LogP contribution in [0.4, 0.5) is 11.4 Å². The first-order valence-electron chi connectivity index (χ1n) is 6.52. The fourth-order valence-electron chi connectivity index (χ4n) is 1.88. The van der Waals surface area contributed by atoms with Gasteiger partial charge in [0.05, 0.1) is 12.5 Å². The number of carbonyl (C=O) groups excluding carboxylic acids is 2. The Morgan fingerprint density at radius 1 is 0.727 bits per heavy atom. The third-order valence-electron chi connectivity index (χ3n) is 2.87. The van der Waals surface area contributed by atoms with E-state index in [2.05, 4.69) is 10.6 Å². The molecule has 3 aromatic rings. The van der Waals surface area contributed by atoms with Gasteiger partial charge < -0.3 is 19.5 Å². The molecule has 22 heavy (non-hydrogen) atoms. The monoisotopic (exact) mass is 296 g/mol. The minimum absolute atomic E-state index is 0.213. The fourth-order valence-corrected chi connectivity index (χ4v) is 1.88. The quantitative estimate of drug-likeness (QED) is 0.773. The molecule has 0 spiro atoms. The topological polar surface area (TPSA) is 84.5 Å². The van der Waals surface area contributed by atoms with Crippen molar-refractivity contribution in [3.63, 3.8) is 0 Å². The van der Waals surface area contributed by atoms with E-state index in [1.54, 1.807) is 48.5 Å². The molecule has 0 saturated heterocycles. The number of anilines is 2. The first-order valence-corrected chi connectivity index (χ1v) is 6.52. The standard InChI is InChI=1S/C16H12N2O4/c19-15(13-6-2-8-21-13)17-11-4-1-5-12(10-11)18-16(20)14-7-3-9-22-14/h1-10H,(H,17,19)(H,18,20). The lowest BCUT2D eigenvalue weighted by atomic mass is 10.2. The normalized spacial score (nSPS) is 10.2. The molecule has 0 saturated carbocycles. The first-order chi connectivity index (χ1) is 10.7. The van der Waals surface area contributed by atoms with Crippen LogP contribution in [-0.4, -0.2) is 11.8 Å². The van der Waals surface area contributed by atoms with Gasteiger partial charge in [-0.15, -0.1) is 0 Å². The average molecular weight is 296 g/mol. The molecule has 0 atom stereocenters. The van der Waals surface area contributed by atoms with Crippen LogP contribution in [0.25, 0.3) is 0 Å². The van der Waals surface area contributed by atoms with Crippen LogP contribution in [0.3, 0.4) is 0 Å². The van der Waals surface area contributed by atoms with Gasteiger partial charge in [-0.25, -0.2) is 0 Å². The van der Waals surface area contributed by atoms with Crippen LogP contribution in [0, 0.1) is 0 Å². The highest BCUT2D eigenvalue weighted by atomic mass is 16.3. The van der Waals surface area contributed by atoms with Gasteiger partial charge in [0.1, 0.15) is 0 Å². The van der Waals surface area contributed by atoms with Crippen molar-refractivity contribution >= 4 is 23.2 Å². The molecule has 3 rings (SSSR count). The van der Waals surface area contributed by atoms with Gasteiger partial charge in [-0.2, -0.15) is 0 Å². The van der Waals surface area contributed by atoms with Crippen molar-refractivity contribution in [3.05, 3.63) is 72.6 Å². The molecule has 6 nitrogen and oxygen atoms in total. The highest BCUT2D eigenvalue weighted by Gasteiger charge is 2.11. The van der Waals surface area contributed by atoms with Gasteiger partial charge in [0.2, 0.25) is 0 Å². The van der Waals surface area contributed by atoms with Crippen LogP contribution >= 0.6 is 0 Å². The zero-order valence-electron chi connectivity index (χ0n) is 11.4. The van der Waals surface area contributed by atoms with Crippen LogP contribution in [0.15, 0.2) is 69.9 Å². The Bertz CT molecular complexity index is 713. The fraction of sp³-hybridized carbons (Fsp3) is 0. The highest BCUT2D eigenvalue weighted by molar-refractivity contribution is 6.04. The molecule has 2 heterocycles. The maximum Gasteiger partial charge on any atom is 0.291 e. The second kappa shape index (κ2) is 6.01. The van der Waals surface area contributed by atoms with Crippen molar-refractivity contribution in [1.82, 2.24) is 0 Å². The summed E-state index contributed by atoms with van der Waals surface area (Å²) in [6.45, 7) is 0. The van der Waals surface area contributed by atoms with Gasteiger partial charge in [-0.1, -0.05) is 6.07 Å². The minimum atomic E-state index is -0.362. The molecule has 0 unspecified atom stereocenters. The SMILES string of the molecule is O=C(Nc1cccc(NC(=O)c2ccco2)c1)c1ccco1. The van der Waals surface area contributed by atoms with Crippen molar-refractivity contribution in [1.29, 1.82) is 0 Å². The molecule has 1 aromatic carbocycles. The predicted molar refractivity (Wildman–Crippen MR) is 79.8 cm³/mol. The number of furan rings is 2. The molecule has 0 aliphatic carbocycles. The average Bonchev–Trinajstić information content (AvgIpc) is 3.21. The van der Waals surface area contributed by atoms with Crippen LogP contribution < -0.4 is 10.6 Å². The Morgan fingerprint density at radius 2 is 1.23 bits per heavy atom. The molecule has 0 fully saturated rings. The molecule has 2 amide bonds. The second-order valence-corrected chi connectivity index (χ2v) is 4.44. The summed E-state index contributed by atoms with van der Waals surface area (Å²) < 4.78 is 10.0. The van der Waals surface area contributed by atoms with Crippen LogP contribution in [0.1, 0.15) is 21.1 Å². The van der Waals surface area contributed by atoms with E-state index in [9.17, 15) is 9.59 Å². The summed E-state index contributed by atoms with van der Waals surface area (Å²) in [6, 6.07) is 13.2. The molecular formula is C16H12N2O4. The minimum Gasteiger partial charge on any atom is -0.459 e. The number of amides is 2. The van der Waals surface area contributed by atoms with E-state index in [1.807, 2.05) is 0 Å². The first kappa shape index (κ1) is 13.7. The smallest absolute Gasteiger partial charge is 0.291 e. The molecule has 0 radical (unpaired) electrons. The van der Waals surface area contributed by atoms with Gasteiger partial charge >= 0.3 is 0 Å². The van der Waals surface area contributed by atoms with E-state index in [0.29, 0.717) is 11.4 Å². The largest absolute Gasteiger partial charge is 0.459 e. The van der Waals surface area contributed by atoms with Crippen molar-refractivity contribution in [3.8, 4) is 0 Å². The van der Waals surface area contributed by atoms with Gasteiger partial charge in [0, 0.05) is 11.4 Å². The Labute approximate surface area is 125 Å². The van der Waals surface area contributed by atoms with Crippen molar-refractivity contribution in [2.45, 2.75) is 0 Å². The van der Waals surface area contributed by atoms with Gasteiger partial charge in [0.25, 0.3) is 11.8 Å². The number of nitrogens with one attached hydrogen (secondary N) is 2. The third-order valence-corrected chi connectivity index (χ3v) is 2.87. The second-order valence-electron chi connectivity index (χ2n) is 4.44. The molecule has 2 N–H and O–H groups in total. The van der Waals surface area contributed by atoms with E-state index < -0.39 is 0 Å². The number of benzene rings is 1. The lowest BCUT2D eigenvalue weighted by molar-refractivity contribution is 0.0990. The van der Waals surface area contributed by atoms with Gasteiger partial charge in [-0.3, -0.25) is 9.59 Å². The summed E-state index contributed by atoms with van der Waals surface area (Å²) in [6.07, 6.45) is 2.85. The number of rotatable bonds is 4. The van der Waals surface area contributed by atoms with Crippen molar-refractivity contribution < 1.29 is 18.4 Å². The number of hydrogen-bond acceptors (Lipinski definition) is 4. The van der Waals surface area contributed by atoms with E-state index >= 15 is 0 Å². The maximum atomic E-state index is 11.9. The van der Waals surface area contributed by atoms with Crippen molar-refractivity contribution in [2.75, 3.05) is 10.6 Å². The Hall–Kier alpha value is -3.28. The summed E-state index contributed by atoms with van der Waals surface area (Å²) in [5.41, 5.74) is 1.08. The molecule has 0 bridgehead atoms. The van der Waals surface area contributed by atoms with E-state index in [1.165, 1.54) is 12.5 Å². The van der Waals surface area contributed by atoms with Crippen LogP contribution in [0.5, 0.6) is 0 Å². The Morgan fingerprint density at radius 3 is 1.64 bits per heavy atom. The summed E-state index contributed by atoms with van der Waals surface area (Å²) in [5, 5.41) is 5.37. The Balaban J connectivity index is 1.70. The lowest BCUT2D eigenvalue weighted by Crippen LogP contribution is -2.13. The summed E-state index contributed by atoms with van der Waals surface area (Å²) in [7, 11) is 0. The lowest BCUT2D eigenvalue weighted by Gasteiger charge is -2.07. The highest BCUT2D eigenvalue weighted by Crippen LogP contribution is 2.17. The Kier molecular flexibility index (Phi) is 3.74. The predicted octanol–water partition coefficient (Wildman–Crippen LogP) is 3.38. The maximum absolute atomic E-state index is 11.9. The molecule has 0 aliphatic rings. The molecule has 2 aromatic heterocycles. The number of carbonyl (C=O) groups is 2. The summed E-state index contributed by atoms with van der Waals surface area (Å²) in [4.78, 5) is 23.8. The summed E-state index contributed by atoms with van der Waals surface area (Å²) >= 11 is 0. The summed E-state index contributed by atoms with van der Waals surface area (Å²) in [5.74, 6) is -0.297. The van der Waals surface area contributed by atoms with Crippen LogP contribution in [0.2, 0.25) is 0 Å². The zero-order valence-corrected chi connectivity index (χ0v) is 11.4. The molecular weight excluding hydrogens is 284 g/mol. The molecule has 110 valence electrons. The van der Waals surface area contributed by atoms with Gasteiger partial charge in [-0.05, 0) is 42.5 Å². The molecule has 6 heteroatoms. The van der Waals surface area contributed by atoms with Crippen LogP contribution in [-0.2, 0) is 0 Å². The van der Waals surface area contributed by atoms with E-state index in [-0.39, 0.29) is 23.3 Å². The molecule has 0 aliphatic heterocycles. The van der Waals surface area contributed by atoms with E-state index in [0.717, 1.165) is 0 Å². The zero-order chi connectivity index (χ0) is 15.4. The van der Waals surface area contributed by atoms with E-state index in [4.69, 9.17) is 8.83 Å². The van der Waals surface area contributed by atoms with Crippen molar-refractivity contribution in [2.24, 2.45) is 0 Å².